The van der Waals surface area contributed by atoms with Crippen molar-refractivity contribution in [2.75, 3.05) is 34.0 Å². The molecule has 3 N–H and O–H groups in total. The van der Waals surface area contributed by atoms with E-state index in [4.69, 9.17) is 25.1 Å². The number of methoxy groups -OCH3 is 2. The van der Waals surface area contributed by atoms with Crippen molar-refractivity contribution in [3.8, 4) is 28.5 Å². The summed E-state index contributed by atoms with van der Waals surface area (Å²) in [6, 6.07) is 12.9. The Bertz CT molecular complexity index is 1520. The van der Waals surface area contributed by atoms with Gasteiger partial charge < -0.3 is 25.1 Å². The smallest absolute Gasteiger partial charge is 0.184 e. The molecule has 0 fully saturated rings. The highest BCUT2D eigenvalue weighted by atomic mass is 32.1. The van der Waals surface area contributed by atoms with Gasteiger partial charge in [0.05, 0.1) is 25.5 Å². The van der Waals surface area contributed by atoms with Crippen molar-refractivity contribution in [3.05, 3.63) is 71.0 Å². The van der Waals surface area contributed by atoms with E-state index in [1.165, 1.54) is 31.6 Å². The Labute approximate surface area is 241 Å². The Hall–Kier alpha value is -3.86. The van der Waals surface area contributed by atoms with Crippen molar-refractivity contribution in [1.29, 1.82) is 0 Å². The number of ketones is 2. The first kappa shape index (κ1) is 30.1. The molecule has 2 aromatic carbocycles. The maximum Gasteiger partial charge on any atom is 0.184 e. The van der Waals surface area contributed by atoms with Gasteiger partial charge in [0.1, 0.15) is 29.6 Å². The minimum Gasteiger partial charge on any atom is -0.494 e. The third kappa shape index (κ3) is 6.90. The molecule has 41 heavy (non-hydrogen) atoms. The number of rotatable bonds is 15. The fourth-order valence-electron chi connectivity index (χ4n) is 4.67. The van der Waals surface area contributed by atoms with Crippen molar-refractivity contribution < 1.29 is 33.3 Å². The third-order valence-corrected chi connectivity index (χ3v) is 7.79. The van der Waals surface area contributed by atoms with Gasteiger partial charge in [0.25, 0.3) is 0 Å². The zero-order chi connectivity index (χ0) is 29.4. The monoisotopic (exact) mass is 580 g/mol. The van der Waals surface area contributed by atoms with E-state index in [2.05, 4.69) is 4.98 Å². The molecule has 0 spiro atoms. The number of halogens is 1. The molecule has 216 valence electrons. The van der Waals surface area contributed by atoms with Crippen LogP contribution in [-0.2, 0) is 0 Å². The van der Waals surface area contributed by atoms with Crippen LogP contribution in [0.2, 0.25) is 0 Å². The Morgan fingerprint density at radius 1 is 1.05 bits per heavy atom. The van der Waals surface area contributed by atoms with Gasteiger partial charge in [-0.15, -0.1) is 11.3 Å². The van der Waals surface area contributed by atoms with Crippen LogP contribution in [-0.4, -0.2) is 55.6 Å². The third-order valence-electron chi connectivity index (χ3n) is 6.78. The summed E-state index contributed by atoms with van der Waals surface area (Å²) in [6.07, 6.45) is 1.83. The molecule has 1 atom stereocenters. The minimum absolute atomic E-state index is 0.0287. The number of unbranched alkanes of at least 4 members (excludes halogenated alkanes) is 1. The molecule has 8 nitrogen and oxygen atoms in total. The van der Waals surface area contributed by atoms with Crippen LogP contribution in [0.15, 0.2) is 53.9 Å². The number of nitrogens with two attached hydrogens (primary N) is 1. The Morgan fingerprint density at radius 3 is 2.56 bits per heavy atom. The number of carbonyl (C=O) groups excluding carboxylic acids is 2. The number of aliphatic hydroxyl groups excluding tert-OH is 1. The normalized spacial score (nSPS) is 11.8. The van der Waals surface area contributed by atoms with Crippen LogP contribution in [0, 0.1) is 11.7 Å². The summed E-state index contributed by atoms with van der Waals surface area (Å²) in [5.41, 5.74) is 7.38. The lowest BCUT2D eigenvalue weighted by Gasteiger charge is -2.17. The van der Waals surface area contributed by atoms with Crippen molar-refractivity contribution in [3.63, 3.8) is 0 Å². The number of pyridine rings is 1. The summed E-state index contributed by atoms with van der Waals surface area (Å²) in [5.74, 6) is -0.225. The van der Waals surface area contributed by atoms with Gasteiger partial charge in [-0.25, -0.2) is 9.37 Å². The molecule has 0 radical (unpaired) electrons. The topological polar surface area (TPSA) is 121 Å². The van der Waals surface area contributed by atoms with E-state index in [1.807, 2.05) is 6.07 Å². The number of fused-ring (bicyclic) bond motifs is 1. The average molecular weight is 581 g/mol. The first-order chi connectivity index (χ1) is 19.9. The molecule has 10 heteroatoms. The molecular weight excluding hydrogens is 547 g/mol. The quantitative estimate of drug-likeness (QED) is 0.136. The summed E-state index contributed by atoms with van der Waals surface area (Å²) in [7, 11) is 2.98. The second-order valence-corrected chi connectivity index (χ2v) is 10.3. The zero-order valence-electron chi connectivity index (χ0n) is 23.0. The SMILES string of the molecule is COc1cc(C(=O)C[C@@H](CCCCN)C(=O)c2ccc(OC)c(-c3csc4c(F)cccc34)n2)ccc1OCCO. The van der Waals surface area contributed by atoms with Crippen LogP contribution in [0.25, 0.3) is 21.3 Å². The molecule has 4 aromatic rings. The van der Waals surface area contributed by atoms with Crippen molar-refractivity contribution in [2.45, 2.75) is 25.7 Å². The highest BCUT2D eigenvalue weighted by Crippen LogP contribution is 2.39. The van der Waals surface area contributed by atoms with E-state index < -0.39 is 5.92 Å². The first-order valence-electron chi connectivity index (χ1n) is 13.3. The number of aromatic nitrogens is 1. The molecule has 2 heterocycles. The molecule has 0 saturated carbocycles. The van der Waals surface area contributed by atoms with E-state index in [0.717, 1.165) is 6.42 Å². The van der Waals surface area contributed by atoms with E-state index in [1.54, 1.807) is 41.8 Å². The van der Waals surface area contributed by atoms with Gasteiger partial charge in [-0.3, -0.25) is 9.59 Å². The predicted octanol–water partition coefficient (Wildman–Crippen LogP) is 5.69. The molecule has 0 amide bonds. The van der Waals surface area contributed by atoms with E-state index >= 15 is 0 Å². The number of aliphatic hydroxyl groups is 1. The Kier molecular flexibility index (Phi) is 10.4. The van der Waals surface area contributed by atoms with Crippen molar-refractivity contribution in [1.82, 2.24) is 4.98 Å². The molecule has 0 unspecified atom stereocenters. The summed E-state index contributed by atoms with van der Waals surface area (Å²) < 4.78 is 31.2. The number of nitrogens with zero attached hydrogens (tertiary/aromatic N) is 1. The van der Waals surface area contributed by atoms with Crippen molar-refractivity contribution >= 4 is 33.0 Å². The van der Waals surface area contributed by atoms with Crippen LogP contribution >= 0.6 is 11.3 Å². The lowest BCUT2D eigenvalue weighted by atomic mass is 9.88. The second-order valence-electron chi connectivity index (χ2n) is 9.42. The van der Waals surface area contributed by atoms with Gasteiger partial charge in [-0.1, -0.05) is 18.6 Å². The van der Waals surface area contributed by atoms with Gasteiger partial charge in [-0.05, 0) is 55.8 Å². The van der Waals surface area contributed by atoms with Gasteiger partial charge in [0.15, 0.2) is 23.1 Å². The highest BCUT2D eigenvalue weighted by molar-refractivity contribution is 7.17. The number of ether oxygens (including phenoxy) is 3. The summed E-state index contributed by atoms with van der Waals surface area (Å²) in [6.45, 7) is 0.416. The summed E-state index contributed by atoms with van der Waals surface area (Å²) in [5, 5.41) is 11.5. The Morgan fingerprint density at radius 2 is 1.83 bits per heavy atom. The molecule has 0 aliphatic heterocycles. The van der Waals surface area contributed by atoms with E-state index in [-0.39, 0.29) is 42.7 Å². The molecule has 0 saturated heterocycles. The van der Waals surface area contributed by atoms with Crippen LogP contribution in [0.1, 0.15) is 46.5 Å². The molecule has 0 aliphatic carbocycles. The van der Waals surface area contributed by atoms with E-state index in [9.17, 15) is 14.0 Å². The standard InChI is InChI=1S/C31H33FN2O6S/c1-38-27-12-10-24(34-29(27)22-18-41-31-21(22)7-5-8-23(31)32)30(37)20(6-3-4-13-33)16-25(36)19-9-11-26(40-15-14-35)28(17-19)39-2/h5,7-12,17-18,20,35H,3-4,6,13-16,33H2,1-2H3/t20-/m1/s1. The van der Waals surface area contributed by atoms with Gasteiger partial charge in [0, 0.05) is 34.2 Å². The fraction of sp³-hybridized carbons (Fsp3) is 0.323. The van der Waals surface area contributed by atoms with Crippen LogP contribution in [0.4, 0.5) is 4.39 Å². The maximum atomic E-state index is 14.4. The average Bonchev–Trinajstić information content (AvgIpc) is 3.44. The Balaban J connectivity index is 1.64. The van der Waals surface area contributed by atoms with Gasteiger partial charge >= 0.3 is 0 Å². The van der Waals surface area contributed by atoms with Crippen molar-refractivity contribution in [2.24, 2.45) is 11.7 Å². The number of benzene rings is 2. The minimum atomic E-state index is -0.629. The fourth-order valence-corrected chi connectivity index (χ4v) is 5.63. The highest BCUT2D eigenvalue weighted by Gasteiger charge is 2.27. The zero-order valence-corrected chi connectivity index (χ0v) is 23.8. The number of Topliss-reactive ketones (excluding diaryl/α,β-unsaturated/α-hetero) is 2. The van der Waals surface area contributed by atoms with Gasteiger partial charge in [-0.2, -0.15) is 0 Å². The largest absolute Gasteiger partial charge is 0.494 e. The number of hydrogen-bond donors (Lipinski definition) is 2. The van der Waals surface area contributed by atoms with E-state index in [0.29, 0.717) is 63.5 Å². The first-order valence-corrected chi connectivity index (χ1v) is 14.2. The number of carbonyl (C=O) groups is 2. The molecule has 0 bridgehead atoms. The molecule has 0 aliphatic rings. The predicted molar refractivity (Wildman–Crippen MR) is 157 cm³/mol. The number of thiophene rings is 1. The molecular formula is C31H33FN2O6S. The summed E-state index contributed by atoms with van der Waals surface area (Å²) in [4.78, 5) is 31.9. The number of hydrogen-bond acceptors (Lipinski definition) is 9. The van der Waals surface area contributed by atoms with Gasteiger partial charge in [0.2, 0.25) is 0 Å². The van der Waals surface area contributed by atoms with Crippen LogP contribution in [0.3, 0.4) is 0 Å². The summed E-state index contributed by atoms with van der Waals surface area (Å²) >= 11 is 1.26. The lowest BCUT2D eigenvalue weighted by molar-refractivity contribution is 0.0840. The van der Waals surface area contributed by atoms with Crippen LogP contribution < -0.4 is 19.9 Å². The molecule has 2 aromatic heterocycles. The molecule has 4 rings (SSSR count). The lowest BCUT2D eigenvalue weighted by Crippen LogP contribution is -2.21. The second kappa shape index (κ2) is 14.2. The van der Waals surface area contributed by atoms with Crippen LogP contribution in [0.5, 0.6) is 17.2 Å². The maximum absolute atomic E-state index is 14.4.